The predicted molar refractivity (Wildman–Crippen MR) is 124 cm³/mol. The van der Waals surface area contributed by atoms with Gasteiger partial charge in [-0.2, -0.15) is 0 Å². The average Bonchev–Trinajstić information content (AvgIpc) is 2.59. The first kappa shape index (κ1) is 24.4. The van der Waals surface area contributed by atoms with Crippen molar-refractivity contribution in [3.05, 3.63) is 23.8 Å². The van der Waals surface area contributed by atoms with Crippen molar-refractivity contribution >= 4 is 5.78 Å². The first-order valence-electron chi connectivity index (χ1n) is 11.7. The van der Waals surface area contributed by atoms with E-state index in [1.54, 1.807) is 6.92 Å². The lowest BCUT2D eigenvalue weighted by Gasteiger charge is -2.54. The van der Waals surface area contributed by atoms with Gasteiger partial charge >= 0.3 is 0 Å². The topological polar surface area (TPSA) is 26.3 Å². The Morgan fingerprint density at radius 2 is 1.69 bits per heavy atom. The van der Waals surface area contributed by atoms with Gasteiger partial charge in [-0.1, -0.05) is 51.5 Å². The van der Waals surface area contributed by atoms with Crippen molar-refractivity contribution in [1.29, 1.82) is 0 Å². The lowest BCUT2D eigenvalue weighted by atomic mass is 9.54. The quantitative estimate of drug-likeness (QED) is 0.454. The van der Waals surface area contributed by atoms with Gasteiger partial charge in [0.05, 0.1) is 5.60 Å². The Kier molecular flexibility index (Phi) is 7.64. The van der Waals surface area contributed by atoms with Crippen molar-refractivity contribution in [2.75, 3.05) is 7.11 Å². The fraction of sp³-hybridized carbons (Fsp3) is 0.815. The zero-order valence-electron chi connectivity index (χ0n) is 20.5. The standard InChI is InChI=1S/C14H24O.C13H22O/c1-10-11-7-9-14(4,15-5)12(10)6-8-13(11,2)3;1-10-6-5-9-13(3,4)12(10)8-7-11(2)14/h11-12H,1,6-9H2,2-5H3;6,12H,5,7-9H2,1-4H3. The van der Waals surface area contributed by atoms with Crippen molar-refractivity contribution in [3.8, 4) is 0 Å². The zero-order valence-corrected chi connectivity index (χ0v) is 20.5. The van der Waals surface area contributed by atoms with Crippen LogP contribution < -0.4 is 0 Å². The monoisotopic (exact) mass is 402 g/mol. The third-order valence-corrected chi connectivity index (χ3v) is 8.58. The molecule has 166 valence electrons. The highest BCUT2D eigenvalue weighted by molar-refractivity contribution is 5.75. The molecule has 3 aliphatic carbocycles. The Bertz CT molecular complexity index is 639. The molecule has 2 saturated carbocycles. The van der Waals surface area contributed by atoms with Crippen LogP contribution in [0.15, 0.2) is 23.8 Å². The summed E-state index contributed by atoms with van der Waals surface area (Å²) in [4.78, 5) is 11.0. The summed E-state index contributed by atoms with van der Waals surface area (Å²) in [5.74, 6) is 2.24. The maximum Gasteiger partial charge on any atom is 0.129 e. The van der Waals surface area contributed by atoms with Crippen molar-refractivity contribution in [3.63, 3.8) is 0 Å². The van der Waals surface area contributed by atoms with E-state index in [1.807, 2.05) is 7.11 Å². The Balaban J connectivity index is 0.000000208. The van der Waals surface area contributed by atoms with Crippen LogP contribution >= 0.6 is 0 Å². The number of hydrogen-bond acceptors (Lipinski definition) is 2. The summed E-state index contributed by atoms with van der Waals surface area (Å²) in [6, 6.07) is 0. The maximum atomic E-state index is 11.0. The van der Waals surface area contributed by atoms with E-state index in [9.17, 15) is 4.79 Å². The van der Waals surface area contributed by atoms with Crippen LogP contribution in [0.25, 0.3) is 0 Å². The van der Waals surface area contributed by atoms with E-state index in [0.717, 1.165) is 18.8 Å². The van der Waals surface area contributed by atoms with E-state index in [0.29, 0.717) is 28.4 Å². The Morgan fingerprint density at radius 1 is 1.07 bits per heavy atom. The van der Waals surface area contributed by atoms with Gasteiger partial charge < -0.3 is 9.53 Å². The third-order valence-electron chi connectivity index (χ3n) is 8.58. The van der Waals surface area contributed by atoms with Crippen LogP contribution in [0.3, 0.4) is 0 Å². The number of ketones is 1. The summed E-state index contributed by atoms with van der Waals surface area (Å²) >= 11 is 0. The molecule has 2 bridgehead atoms. The molecule has 2 nitrogen and oxygen atoms in total. The molecular formula is C27H46O2. The van der Waals surface area contributed by atoms with Gasteiger partial charge in [-0.25, -0.2) is 0 Å². The van der Waals surface area contributed by atoms with Gasteiger partial charge in [0.1, 0.15) is 5.78 Å². The summed E-state index contributed by atoms with van der Waals surface area (Å²) in [6.07, 6.45) is 11.6. The molecule has 3 aliphatic rings. The smallest absolute Gasteiger partial charge is 0.129 e. The molecule has 0 aromatic rings. The van der Waals surface area contributed by atoms with Gasteiger partial charge in [0.2, 0.25) is 0 Å². The van der Waals surface area contributed by atoms with Crippen LogP contribution in [-0.4, -0.2) is 18.5 Å². The number of Topliss-reactive ketones (excluding diaryl/α,β-unsaturated/α-hetero) is 1. The van der Waals surface area contributed by atoms with Gasteiger partial charge in [0.15, 0.2) is 0 Å². The molecule has 0 amide bonds. The molecule has 0 radical (unpaired) electrons. The van der Waals surface area contributed by atoms with E-state index < -0.39 is 0 Å². The number of carbonyl (C=O) groups is 1. The second-order valence-electron chi connectivity index (χ2n) is 11.5. The largest absolute Gasteiger partial charge is 0.378 e. The number of hydrogen-bond donors (Lipinski definition) is 0. The molecule has 0 saturated heterocycles. The molecule has 4 unspecified atom stereocenters. The molecule has 0 aromatic heterocycles. The highest BCUT2D eigenvalue weighted by Crippen LogP contribution is 2.56. The lowest BCUT2D eigenvalue weighted by Crippen LogP contribution is -2.49. The number of fused-ring (bicyclic) bond motifs is 2. The lowest BCUT2D eigenvalue weighted by molar-refractivity contribution is -0.117. The minimum atomic E-state index is 0.0596. The molecule has 0 heterocycles. The molecule has 0 aromatic carbocycles. The molecule has 2 fully saturated rings. The molecule has 0 spiro atoms. The average molecular weight is 403 g/mol. The second-order valence-corrected chi connectivity index (χ2v) is 11.5. The van der Waals surface area contributed by atoms with E-state index >= 15 is 0 Å². The summed E-state index contributed by atoms with van der Waals surface area (Å²) < 4.78 is 5.74. The van der Waals surface area contributed by atoms with Gasteiger partial charge in [-0.3, -0.25) is 0 Å². The normalized spacial score (nSPS) is 35.2. The van der Waals surface area contributed by atoms with E-state index in [1.165, 1.54) is 49.7 Å². The van der Waals surface area contributed by atoms with Crippen LogP contribution in [0, 0.1) is 28.6 Å². The molecule has 29 heavy (non-hydrogen) atoms. The Labute approximate surface area is 180 Å². The van der Waals surface area contributed by atoms with Gasteiger partial charge in [0, 0.05) is 19.4 Å². The van der Waals surface area contributed by atoms with E-state index in [2.05, 4.69) is 54.2 Å². The van der Waals surface area contributed by atoms with Crippen molar-refractivity contribution in [2.45, 2.75) is 105 Å². The molecule has 0 aliphatic heterocycles. The minimum absolute atomic E-state index is 0.0596. The van der Waals surface area contributed by atoms with Crippen LogP contribution in [-0.2, 0) is 9.53 Å². The van der Waals surface area contributed by atoms with Crippen molar-refractivity contribution < 1.29 is 9.53 Å². The summed E-state index contributed by atoms with van der Waals surface area (Å²) in [5.41, 5.74) is 3.85. The fourth-order valence-corrected chi connectivity index (χ4v) is 6.31. The highest BCUT2D eigenvalue weighted by atomic mass is 16.5. The van der Waals surface area contributed by atoms with E-state index in [-0.39, 0.29) is 5.60 Å². The predicted octanol–water partition coefficient (Wildman–Crippen LogP) is 7.53. The fourth-order valence-electron chi connectivity index (χ4n) is 6.31. The molecular weight excluding hydrogens is 356 g/mol. The summed E-state index contributed by atoms with van der Waals surface area (Å²) in [5, 5.41) is 0. The number of rotatable bonds is 4. The SMILES string of the molecule is C=C1C2CCC(C)(OC)C1CCC2(C)C.CC(=O)CCC1C(C)=CCCC1(C)C. The third kappa shape index (κ3) is 5.43. The van der Waals surface area contributed by atoms with Crippen molar-refractivity contribution in [2.24, 2.45) is 28.6 Å². The Morgan fingerprint density at radius 3 is 2.24 bits per heavy atom. The maximum absolute atomic E-state index is 11.0. The van der Waals surface area contributed by atoms with Crippen molar-refractivity contribution in [1.82, 2.24) is 0 Å². The number of allylic oxidation sites excluding steroid dienone is 2. The summed E-state index contributed by atoms with van der Waals surface area (Å²) in [7, 11) is 1.85. The van der Waals surface area contributed by atoms with Gasteiger partial charge in [0.25, 0.3) is 0 Å². The number of ether oxygens (including phenoxy) is 1. The van der Waals surface area contributed by atoms with Crippen LogP contribution in [0.5, 0.6) is 0 Å². The molecule has 4 atom stereocenters. The van der Waals surface area contributed by atoms with Crippen LogP contribution in [0.4, 0.5) is 0 Å². The van der Waals surface area contributed by atoms with E-state index in [4.69, 9.17) is 4.74 Å². The van der Waals surface area contributed by atoms with Gasteiger partial charge in [-0.05, 0) is 88.4 Å². The minimum Gasteiger partial charge on any atom is -0.378 e. The highest BCUT2D eigenvalue weighted by Gasteiger charge is 2.50. The van der Waals surface area contributed by atoms with Gasteiger partial charge in [-0.15, -0.1) is 0 Å². The number of methoxy groups -OCH3 is 1. The zero-order chi connectivity index (χ0) is 22.0. The molecule has 0 N–H and O–H groups in total. The molecule has 2 heteroatoms. The first-order chi connectivity index (χ1) is 13.3. The Hall–Kier alpha value is -0.890. The van der Waals surface area contributed by atoms with Crippen LogP contribution in [0.1, 0.15) is 99.8 Å². The first-order valence-corrected chi connectivity index (χ1v) is 11.7. The van der Waals surface area contributed by atoms with Crippen LogP contribution in [0.2, 0.25) is 0 Å². The number of carbonyl (C=O) groups excluding carboxylic acids is 1. The summed E-state index contributed by atoms with van der Waals surface area (Å²) in [6.45, 7) is 20.0. The molecule has 3 rings (SSSR count). The second kappa shape index (κ2) is 9.08.